The average Bonchev–Trinajstić information content (AvgIpc) is 2.59. The number of hydrogen-bond acceptors (Lipinski definition) is 3. The summed E-state index contributed by atoms with van der Waals surface area (Å²) < 4.78 is 6.09. The minimum atomic E-state index is -0.270. The number of anilines is 1. The molecule has 0 aromatic heterocycles. The number of aliphatic hydroxyl groups excluding tert-OH is 1. The standard InChI is InChI=1S/C21H29NO2/c1-5-19(23)16(2)14-18-12-9-13-20(21(18)22(3)4)24-15-17-10-7-6-8-11-17/h6-13,16,19,23H,5,14-15H2,1-4H3/t16-,19+/m0/s1. The topological polar surface area (TPSA) is 32.7 Å². The van der Waals surface area contributed by atoms with Gasteiger partial charge in [0.1, 0.15) is 12.4 Å². The van der Waals surface area contributed by atoms with Crippen molar-refractivity contribution in [2.75, 3.05) is 19.0 Å². The molecule has 0 radical (unpaired) electrons. The maximum Gasteiger partial charge on any atom is 0.143 e. The maximum atomic E-state index is 10.1. The van der Waals surface area contributed by atoms with Crippen molar-refractivity contribution in [3.05, 3.63) is 59.7 Å². The fraction of sp³-hybridized carbons (Fsp3) is 0.429. The lowest BCUT2D eigenvalue weighted by Crippen LogP contribution is -2.20. The van der Waals surface area contributed by atoms with E-state index in [1.807, 2.05) is 51.4 Å². The summed E-state index contributed by atoms with van der Waals surface area (Å²) >= 11 is 0. The summed E-state index contributed by atoms with van der Waals surface area (Å²) in [6.45, 7) is 4.68. The van der Waals surface area contributed by atoms with Crippen LogP contribution in [-0.2, 0) is 13.0 Å². The Morgan fingerprint density at radius 2 is 1.75 bits per heavy atom. The van der Waals surface area contributed by atoms with Crippen LogP contribution in [0.4, 0.5) is 5.69 Å². The van der Waals surface area contributed by atoms with Gasteiger partial charge in [-0.15, -0.1) is 0 Å². The molecule has 2 atom stereocenters. The molecular formula is C21H29NO2. The quantitative estimate of drug-likeness (QED) is 0.785. The van der Waals surface area contributed by atoms with E-state index >= 15 is 0 Å². The van der Waals surface area contributed by atoms with Gasteiger partial charge in [-0.3, -0.25) is 0 Å². The van der Waals surface area contributed by atoms with Gasteiger partial charge >= 0.3 is 0 Å². The summed E-state index contributed by atoms with van der Waals surface area (Å²) in [5.74, 6) is 1.11. The molecular weight excluding hydrogens is 298 g/mol. The monoisotopic (exact) mass is 327 g/mol. The highest BCUT2D eigenvalue weighted by Crippen LogP contribution is 2.33. The van der Waals surface area contributed by atoms with Gasteiger partial charge in [0, 0.05) is 14.1 Å². The molecule has 3 nitrogen and oxygen atoms in total. The lowest BCUT2D eigenvalue weighted by Gasteiger charge is -2.24. The summed E-state index contributed by atoms with van der Waals surface area (Å²) in [5, 5.41) is 10.1. The molecule has 0 fully saturated rings. The second-order valence-electron chi connectivity index (χ2n) is 6.59. The molecule has 24 heavy (non-hydrogen) atoms. The van der Waals surface area contributed by atoms with Gasteiger partial charge < -0.3 is 14.7 Å². The molecule has 2 rings (SSSR count). The van der Waals surface area contributed by atoms with Crippen molar-refractivity contribution < 1.29 is 9.84 Å². The Balaban J connectivity index is 2.20. The van der Waals surface area contributed by atoms with E-state index in [0.717, 1.165) is 29.8 Å². The van der Waals surface area contributed by atoms with E-state index in [-0.39, 0.29) is 12.0 Å². The van der Waals surface area contributed by atoms with Crippen LogP contribution in [0.3, 0.4) is 0 Å². The Morgan fingerprint density at radius 1 is 1.04 bits per heavy atom. The molecule has 130 valence electrons. The third-order valence-corrected chi connectivity index (χ3v) is 4.38. The van der Waals surface area contributed by atoms with Crippen LogP contribution < -0.4 is 9.64 Å². The van der Waals surface area contributed by atoms with Crippen molar-refractivity contribution in [2.24, 2.45) is 5.92 Å². The van der Waals surface area contributed by atoms with Gasteiger partial charge in [-0.1, -0.05) is 56.3 Å². The highest BCUT2D eigenvalue weighted by molar-refractivity contribution is 5.63. The molecule has 0 heterocycles. The first-order valence-electron chi connectivity index (χ1n) is 8.67. The van der Waals surface area contributed by atoms with E-state index in [9.17, 15) is 5.11 Å². The largest absolute Gasteiger partial charge is 0.487 e. The maximum absolute atomic E-state index is 10.1. The number of aliphatic hydroxyl groups is 1. The van der Waals surface area contributed by atoms with Crippen LogP contribution in [0.15, 0.2) is 48.5 Å². The second kappa shape index (κ2) is 8.74. The SMILES string of the molecule is CC[C@@H](O)[C@@H](C)Cc1cccc(OCc2ccccc2)c1N(C)C. The predicted octanol–water partition coefficient (Wildman–Crippen LogP) is 4.28. The molecule has 1 N–H and O–H groups in total. The third kappa shape index (κ3) is 4.75. The van der Waals surface area contributed by atoms with E-state index < -0.39 is 0 Å². The van der Waals surface area contributed by atoms with Crippen molar-refractivity contribution in [3.63, 3.8) is 0 Å². The van der Waals surface area contributed by atoms with Crippen LogP contribution in [0.2, 0.25) is 0 Å². The van der Waals surface area contributed by atoms with Crippen LogP contribution in [0.5, 0.6) is 5.75 Å². The highest BCUT2D eigenvalue weighted by atomic mass is 16.5. The Bertz CT molecular complexity index is 625. The van der Waals surface area contributed by atoms with E-state index in [1.54, 1.807) is 0 Å². The van der Waals surface area contributed by atoms with Crippen LogP contribution in [0.25, 0.3) is 0 Å². The Hall–Kier alpha value is -2.00. The van der Waals surface area contributed by atoms with E-state index in [4.69, 9.17) is 4.74 Å². The normalized spacial score (nSPS) is 13.4. The number of benzene rings is 2. The smallest absolute Gasteiger partial charge is 0.143 e. The van der Waals surface area contributed by atoms with Gasteiger partial charge in [-0.2, -0.15) is 0 Å². The number of para-hydroxylation sites is 1. The zero-order chi connectivity index (χ0) is 17.5. The number of rotatable bonds is 8. The highest BCUT2D eigenvalue weighted by Gasteiger charge is 2.18. The van der Waals surface area contributed by atoms with Gasteiger partial charge in [-0.25, -0.2) is 0 Å². The summed E-state index contributed by atoms with van der Waals surface area (Å²) in [4.78, 5) is 2.10. The molecule has 0 saturated heterocycles. The summed E-state index contributed by atoms with van der Waals surface area (Å²) in [6.07, 6.45) is 1.35. The van der Waals surface area contributed by atoms with Crippen molar-refractivity contribution in [1.82, 2.24) is 0 Å². The lowest BCUT2D eigenvalue weighted by atomic mass is 9.93. The Kier molecular flexibility index (Phi) is 6.68. The molecule has 2 aromatic carbocycles. The van der Waals surface area contributed by atoms with E-state index in [1.165, 1.54) is 5.56 Å². The predicted molar refractivity (Wildman–Crippen MR) is 101 cm³/mol. The summed E-state index contributed by atoms with van der Waals surface area (Å²) in [5.41, 5.74) is 3.47. The van der Waals surface area contributed by atoms with Gasteiger partial charge in [0.2, 0.25) is 0 Å². The number of hydrogen-bond donors (Lipinski definition) is 1. The Labute approximate surface area is 145 Å². The van der Waals surface area contributed by atoms with Crippen LogP contribution in [0.1, 0.15) is 31.4 Å². The molecule has 2 aromatic rings. The van der Waals surface area contributed by atoms with Crippen LogP contribution in [0, 0.1) is 5.92 Å². The molecule has 0 bridgehead atoms. The fourth-order valence-electron chi connectivity index (χ4n) is 2.98. The van der Waals surface area contributed by atoms with Crippen LogP contribution >= 0.6 is 0 Å². The van der Waals surface area contributed by atoms with Crippen molar-refractivity contribution in [2.45, 2.75) is 39.4 Å². The average molecular weight is 327 g/mol. The molecule has 0 saturated carbocycles. The fourth-order valence-corrected chi connectivity index (χ4v) is 2.98. The number of ether oxygens (including phenoxy) is 1. The van der Waals surface area contributed by atoms with Gasteiger partial charge in [-0.05, 0) is 36.0 Å². The minimum Gasteiger partial charge on any atom is -0.487 e. The van der Waals surface area contributed by atoms with Gasteiger partial charge in [0.25, 0.3) is 0 Å². The first-order valence-corrected chi connectivity index (χ1v) is 8.67. The van der Waals surface area contributed by atoms with Gasteiger partial charge in [0.05, 0.1) is 11.8 Å². The summed E-state index contributed by atoms with van der Waals surface area (Å²) in [6, 6.07) is 16.4. The Morgan fingerprint density at radius 3 is 2.38 bits per heavy atom. The van der Waals surface area contributed by atoms with E-state index in [2.05, 4.69) is 30.0 Å². The zero-order valence-electron chi connectivity index (χ0n) is 15.2. The third-order valence-electron chi connectivity index (χ3n) is 4.38. The molecule has 0 amide bonds. The van der Waals surface area contributed by atoms with Crippen LogP contribution in [-0.4, -0.2) is 25.3 Å². The molecule has 0 aliphatic heterocycles. The van der Waals surface area contributed by atoms with Gasteiger partial charge in [0.15, 0.2) is 0 Å². The zero-order valence-corrected chi connectivity index (χ0v) is 15.2. The lowest BCUT2D eigenvalue weighted by molar-refractivity contribution is 0.113. The molecule has 3 heteroatoms. The molecule has 0 spiro atoms. The first-order chi connectivity index (χ1) is 11.5. The molecule has 0 aliphatic rings. The van der Waals surface area contributed by atoms with E-state index in [0.29, 0.717) is 6.61 Å². The van der Waals surface area contributed by atoms with Crippen molar-refractivity contribution in [1.29, 1.82) is 0 Å². The molecule has 0 aliphatic carbocycles. The second-order valence-corrected chi connectivity index (χ2v) is 6.59. The van der Waals surface area contributed by atoms with Crippen molar-refractivity contribution in [3.8, 4) is 5.75 Å². The summed E-state index contributed by atoms with van der Waals surface area (Å²) in [7, 11) is 4.07. The molecule has 0 unspecified atom stereocenters. The first kappa shape index (κ1) is 18.3. The van der Waals surface area contributed by atoms with Crippen molar-refractivity contribution >= 4 is 5.69 Å². The number of nitrogens with zero attached hydrogens (tertiary/aromatic N) is 1. The minimum absolute atomic E-state index is 0.220.